The van der Waals surface area contributed by atoms with Gasteiger partial charge in [-0.05, 0) is 85.8 Å². The van der Waals surface area contributed by atoms with E-state index < -0.39 is 12.1 Å². The molecule has 3 aliphatic rings. The van der Waals surface area contributed by atoms with E-state index in [0.29, 0.717) is 29.4 Å². The lowest BCUT2D eigenvalue weighted by Crippen LogP contribution is -2.48. The van der Waals surface area contributed by atoms with E-state index in [1.807, 2.05) is 12.1 Å². The Labute approximate surface area is 229 Å². The second-order valence-corrected chi connectivity index (χ2v) is 11.4. The van der Waals surface area contributed by atoms with Crippen molar-refractivity contribution in [1.82, 2.24) is 10.2 Å². The molecule has 7 heteroatoms. The van der Waals surface area contributed by atoms with Crippen molar-refractivity contribution in [2.24, 2.45) is 5.92 Å². The molecule has 0 radical (unpaired) electrons. The molecule has 3 fully saturated rings. The minimum Gasteiger partial charge on any atom is -0.489 e. The minimum atomic E-state index is -0.856. The molecule has 2 aliphatic heterocycles. The Kier molecular flexibility index (Phi) is 7.46. The van der Waals surface area contributed by atoms with Crippen LogP contribution in [-0.2, 0) is 4.79 Å². The SMILES string of the molecule is O=C(N[C@H](CN1CCCC1)[C@H](O)c1ccc(OC2CC2)c(Cl)c1)C1CCN(c2ccc3ccccc3c2)C1. The maximum Gasteiger partial charge on any atom is 0.225 e. The van der Waals surface area contributed by atoms with Crippen molar-refractivity contribution < 1.29 is 14.6 Å². The van der Waals surface area contributed by atoms with Gasteiger partial charge >= 0.3 is 0 Å². The summed E-state index contributed by atoms with van der Waals surface area (Å²) in [5, 5.41) is 17.6. The first-order valence-electron chi connectivity index (χ1n) is 13.9. The number of carbonyl (C=O) groups is 1. The van der Waals surface area contributed by atoms with E-state index in [4.69, 9.17) is 16.3 Å². The number of likely N-dealkylation sites (tertiary alicyclic amines) is 1. The third-order valence-corrected chi connectivity index (χ3v) is 8.43. The van der Waals surface area contributed by atoms with Crippen LogP contribution in [0.25, 0.3) is 10.8 Å². The predicted molar refractivity (Wildman–Crippen MR) is 152 cm³/mol. The Morgan fingerprint density at radius 2 is 1.79 bits per heavy atom. The number of anilines is 1. The van der Waals surface area contributed by atoms with Gasteiger partial charge in [-0.15, -0.1) is 0 Å². The van der Waals surface area contributed by atoms with Gasteiger partial charge in [0.25, 0.3) is 0 Å². The van der Waals surface area contributed by atoms with Gasteiger partial charge in [0.15, 0.2) is 0 Å². The second kappa shape index (κ2) is 11.1. The van der Waals surface area contributed by atoms with E-state index in [0.717, 1.165) is 57.4 Å². The Hall–Kier alpha value is -2.80. The van der Waals surface area contributed by atoms with E-state index >= 15 is 0 Å². The number of ether oxygens (including phenoxy) is 1. The molecular weight excluding hydrogens is 498 g/mol. The van der Waals surface area contributed by atoms with Crippen LogP contribution < -0.4 is 15.0 Å². The zero-order chi connectivity index (χ0) is 26.1. The summed E-state index contributed by atoms with van der Waals surface area (Å²) in [5.41, 5.74) is 1.85. The van der Waals surface area contributed by atoms with Crippen LogP contribution in [0.5, 0.6) is 5.75 Å². The van der Waals surface area contributed by atoms with Gasteiger partial charge in [-0.2, -0.15) is 0 Å². The van der Waals surface area contributed by atoms with Crippen LogP contribution in [0.1, 0.15) is 43.8 Å². The van der Waals surface area contributed by atoms with Gasteiger partial charge in [0.1, 0.15) is 11.9 Å². The van der Waals surface area contributed by atoms with Crippen molar-refractivity contribution in [3.63, 3.8) is 0 Å². The van der Waals surface area contributed by atoms with Gasteiger partial charge in [-0.3, -0.25) is 4.79 Å². The van der Waals surface area contributed by atoms with Gasteiger partial charge in [0.05, 0.1) is 23.1 Å². The lowest BCUT2D eigenvalue weighted by Gasteiger charge is -2.30. The first-order chi connectivity index (χ1) is 18.5. The normalized spacial score (nSPS) is 21.5. The second-order valence-electron chi connectivity index (χ2n) is 11.0. The molecule has 200 valence electrons. The number of nitrogens with one attached hydrogen (secondary N) is 1. The van der Waals surface area contributed by atoms with Crippen molar-refractivity contribution >= 4 is 34.0 Å². The van der Waals surface area contributed by atoms with Crippen LogP contribution >= 0.6 is 11.6 Å². The largest absolute Gasteiger partial charge is 0.489 e. The molecule has 1 saturated carbocycles. The number of fused-ring (bicyclic) bond motifs is 1. The fourth-order valence-corrected chi connectivity index (χ4v) is 5.98. The predicted octanol–water partition coefficient (Wildman–Crippen LogP) is 5.17. The molecule has 2 saturated heterocycles. The highest BCUT2D eigenvalue weighted by Crippen LogP contribution is 2.34. The molecular formula is C31H36ClN3O3. The van der Waals surface area contributed by atoms with Crippen molar-refractivity contribution in [3.8, 4) is 5.75 Å². The zero-order valence-corrected chi connectivity index (χ0v) is 22.4. The van der Waals surface area contributed by atoms with Crippen LogP contribution in [0.2, 0.25) is 5.02 Å². The molecule has 0 aromatic heterocycles. The van der Waals surface area contributed by atoms with Crippen molar-refractivity contribution in [2.75, 3.05) is 37.6 Å². The summed E-state index contributed by atoms with van der Waals surface area (Å²) in [6.45, 7) is 4.12. The molecule has 2 heterocycles. The molecule has 1 aliphatic carbocycles. The summed E-state index contributed by atoms with van der Waals surface area (Å²) in [6, 6.07) is 19.9. The standard InChI is InChI=1S/C31H36ClN3O3/c32-27-18-23(8-12-29(27)38-26-10-11-26)30(36)28(20-34-14-3-4-15-34)33-31(37)24-13-16-35(19-24)25-9-7-21-5-1-2-6-22(21)17-25/h1-2,5-9,12,17-18,24,26,28,30,36H,3-4,10-11,13-16,19-20H2,(H,33,37)/t24?,28-,30-/m1/s1. The van der Waals surface area contributed by atoms with Crippen LogP contribution in [0.4, 0.5) is 5.69 Å². The highest BCUT2D eigenvalue weighted by molar-refractivity contribution is 6.32. The highest BCUT2D eigenvalue weighted by atomic mass is 35.5. The number of nitrogens with zero attached hydrogens (tertiary/aromatic N) is 2. The number of rotatable bonds is 9. The number of aliphatic hydroxyl groups excluding tert-OH is 1. The van der Waals surface area contributed by atoms with Crippen LogP contribution in [0.15, 0.2) is 60.7 Å². The average Bonchev–Trinajstić information content (AvgIpc) is 3.37. The molecule has 38 heavy (non-hydrogen) atoms. The van der Waals surface area contributed by atoms with Crippen LogP contribution in [-0.4, -0.2) is 60.8 Å². The number of halogens is 1. The number of benzene rings is 3. The van der Waals surface area contributed by atoms with Crippen molar-refractivity contribution in [2.45, 2.75) is 50.4 Å². The molecule has 6 nitrogen and oxygen atoms in total. The van der Waals surface area contributed by atoms with Crippen molar-refractivity contribution in [1.29, 1.82) is 0 Å². The third kappa shape index (κ3) is 5.78. The first kappa shape index (κ1) is 25.5. The lowest BCUT2D eigenvalue weighted by atomic mass is 10.00. The first-order valence-corrected chi connectivity index (χ1v) is 14.3. The fourth-order valence-electron chi connectivity index (χ4n) is 5.74. The zero-order valence-electron chi connectivity index (χ0n) is 21.7. The fraction of sp³-hybridized carbons (Fsp3) is 0.452. The molecule has 3 aromatic carbocycles. The molecule has 3 atom stereocenters. The maximum atomic E-state index is 13.5. The van der Waals surface area contributed by atoms with E-state index in [1.165, 1.54) is 10.8 Å². The number of hydrogen-bond acceptors (Lipinski definition) is 5. The Balaban J connectivity index is 1.14. The van der Waals surface area contributed by atoms with E-state index in [2.05, 4.69) is 57.6 Å². The number of hydrogen-bond donors (Lipinski definition) is 2. The molecule has 1 amide bonds. The van der Waals surface area contributed by atoms with Gasteiger partial charge in [-0.25, -0.2) is 0 Å². The monoisotopic (exact) mass is 533 g/mol. The molecule has 0 spiro atoms. The van der Waals surface area contributed by atoms with Gasteiger partial charge in [0, 0.05) is 25.3 Å². The summed E-state index contributed by atoms with van der Waals surface area (Å²) in [5.74, 6) is 0.550. The van der Waals surface area contributed by atoms with E-state index in [-0.39, 0.29) is 17.9 Å². The van der Waals surface area contributed by atoms with Gasteiger partial charge in [0.2, 0.25) is 5.91 Å². The molecule has 0 bridgehead atoms. The minimum absolute atomic E-state index is 0.0105. The smallest absolute Gasteiger partial charge is 0.225 e. The van der Waals surface area contributed by atoms with Gasteiger partial charge < -0.3 is 25.0 Å². The summed E-state index contributed by atoms with van der Waals surface area (Å²) >= 11 is 6.50. The third-order valence-electron chi connectivity index (χ3n) is 8.14. The van der Waals surface area contributed by atoms with E-state index in [9.17, 15) is 9.90 Å². The Morgan fingerprint density at radius 3 is 2.55 bits per heavy atom. The molecule has 2 N–H and O–H groups in total. The highest BCUT2D eigenvalue weighted by Gasteiger charge is 2.33. The number of aliphatic hydroxyl groups is 1. The van der Waals surface area contributed by atoms with Crippen molar-refractivity contribution in [3.05, 3.63) is 71.2 Å². The van der Waals surface area contributed by atoms with Gasteiger partial charge in [-0.1, -0.05) is 48.0 Å². The molecule has 6 rings (SSSR count). The summed E-state index contributed by atoms with van der Waals surface area (Å²) < 4.78 is 5.86. The van der Waals surface area contributed by atoms with E-state index in [1.54, 1.807) is 6.07 Å². The maximum absolute atomic E-state index is 13.5. The lowest BCUT2D eigenvalue weighted by molar-refractivity contribution is -0.126. The summed E-state index contributed by atoms with van der Waals surface area (Å²) in [4.78, 5) is 18.1. The van der Waals surface area contributed by atoms with Crippen LogP contribution in [0, 0.1) is 5.92 Å². The number of amides is 1. The Bertz CT molecular complexity index is 1290. The summed E-state index contributed by atoms with van der Waals surface area (Å²) in [6.07, 6.45) is 4.62. The number of carbonyl (C=O) groups excluding carboxylic acids is 1. The summed E-state index contributed by atoms with van der Waals surface area (Å²) in [7, 11) is 0. The topological polar surface area (TPSA) is 65.0 Å². The van der Waals surface area contributed by atoms with Crippen LogP contribution in [0.3, 0.4) is 0 Å². The quantitative estimate of drug-likeness (QED) is 0.397. The average molecular weight is 534 g/mol. The molecule has 3 aromatic rings. The Morgan fingerprint density at radius 1 is 1.00 bits per heavy atom. The molecule has 1 unspecified atom stereocenters.